The number of nitrogens with zero attached hydrogens (tertiary/aromatic N) is 3. The van der Waals surface area contributed by atoms with Crippen LogP contribution in [-0.2, 0) is 0 Å². The second-order valence-electron chi connectivity index (χ2n) is 4.96. The zero-order chi connectivity index (χ0) is 14.9. The third kappa shape index (κ3) is 2.00. The summed E-state index contributed by atoms with van der Waals surface area (Å²) in [7, 11) is 0. The van der Waals surface area contributed by atoms with Crippen LogP contribution >= 0.6 is 0 Å². The maximum atomic E-state index is 12.3. The molecule has 2 heterocycles. The minimum absolute atomic E-state index is 0.162. The smallest absolute Gasteiger partial charge is 0.273 e. The first-order chi connectivity index (χ1) is 10.8. The molecule has 5 nitrogen and oxygen atoms in total. The normalized spacial score (nSPS) is 10.9. The molecule has 0 aliphatic rings. The summed E-state index contributed by atoms with van der Waals surface area (Å²) in [4.78, 5) is 12.3. The fraction of sp³-hybridized carbons (Fsp3) is 0. The highest BCUT2D eigenvalue weighted by Crippen LogP contribution is 2.19. The second-order valence-corrected chi connectivity index (χ2v) is 4.96. The molecule has 1 N–H and O–H groups in total. The molecule has 4 aromatic rings. The van der Waals surface area contributed by atoms with E-state index in [9.17, 15) is 4.79 Å². The lowest BCUT2D eigenvalue weighted by Crippen LogP contribution is -2.15. The molecule has 4 rings (SSSR count). The quantitative estimate of drug-likeness (QED) is 0.617. The van der Waals surface area contributed by atoms with E-state index in [0.717, 1.165) is 22.0 Å². The average molecular weight is 288 g/mol. The van der Waals surface area contributed by atoms with Crippen molar-refractivity contribution < 1.29 is 0 Å². The van der Waals surface area contributed by atoms with Crippen LogP contribution in [0.25, 0.3) is 27.8 Å². The van der Waals surface area contributed by atoms with Crippen LogP contribution in [-0.4, -0.2) is 20.0 Å². The Labute approximate surface area is 125 Å². The van der Waals surface area contributed by atoms with Crippen molar-refractivity contribution in [2.45, 2.75) is 0 Å². The van der Waals surface area contributed by atoms with Crippen molar-refractivity contribution in [2.75, 3.05) is 0 Å². The number of benzene rings is 2. The van der Waals surface area contributed by atoms with Crippen LogP contribution in [0.4, 0.5) is 0 Å². The van der Waals surface area contributed by atoms with Crippen molar-refractivity contribution in [3.8, 4) is 17.1 Å². The summed E-state index contributed by atoms with van der Waals surface area (Å²) in [6, 6.07) is 19.0. The summed E-state index contributed by atoms with van der Waals surface area (Å²) < 4.78 is 1.43. The molecule has 5 heteroatoms. The molecular formula is C17H12N4O. The molecule has 0 saturated carbocycles. The Morgan fingerprint density at radius 3 is 2.59 bits per heavy atom. The van der Waals surface area contributed by atoms with Crippen LogP contribution < -0.4 is 5.56 Å². The Morgan fingerprint density at radius 2 is 1.73 bits per heavy atom. The number of aromatic amines is 1. The molecule has 2 aromatic heterocycles. The zero-order valence-electron chi connectivity index (χ0n) is 11.6. The number of fused-ring (bicyclic) bond motifs is 1. The van der Waals surface area contributed by atoms with Crippen molar-refractivity contribution in [3.63, 3.8) is 0 Å². The van der Waals surface area contributed by atoms with E-state index in [1.54, 1.807) is 12.3 Å². The topological polar surface area (TPSA) is 63.6 Å². The highest BCUT2D eigenvalue weighted by atomic mass is 16.1. The lowest BCUT2D eigenvalue weighted by atomic mass is 10.2. The van der Waals surface area contributed by atoms with Crippen molar-refractivity contribution in [2.24, 2.45) is 0 Å². The van der Waals surface area contributed by atoms with Gasteiger partial charge in [0, 0.05) is 16.8 Å². The highest BCUT2D eigenvalue weighted by Gasteiger charge is 2.11. The summed E-state index contributed by atoms with van der Waals surface area (Å²) in [6.45, 7) is 0. The second kappa shape index (κ2) is 4.96. The first-order valence-electron chi connectivity index (χ1n) is 6.91. The molecule has 0 saturated heterocycles. The van der Waals surface area contributed by atoms with Gasteiger partial charge in [0.05, 0.1) is 11.9 Å². The Balaban J connectivity index is 1.93. The molecule has 0 radical (unpaired) electrons. The summed E-state index contributed by atoms with van der Waals surface area (Å²) in [5.41, 5.74) is 1.54. The van der Waals surface area contributed by atoms with E-state index in [2.05, 4.69) is 15.3 Å². The predicted molar refractivity (Wildman–Crippen MR) is 84.9 cm³/mol. The van der Waals surface area contributed by atoms with Gasteiger partial charge < -0.3 is 0 Å². The molecule has 0 amide bonds. The van der Waals surface area contributed by atoms with Gasteiger partial charge in [-0.05, 0) is 5.56 Å². The molecule has 22 heavy (non-hydrogen) atoms. The Morgan fingerprint density at radius 1 is 0.955 bits per heavy atom. The van der Waals surface area contributed by atoms with Crippen LogP contribution in [0.3, 0.4) is 0 Å². The molecule has 0 spiro atoms. The maximum Gasteiger partial charge on any atom is 0.273 e. The van der Waals surface area contributed by atoms with Gasteiger partial charge in [-0.1, -0.05) is 54.6 Å². The van der Waals surface area contributed by atoms with Crippen LogP contribution in [0, 0.1) is 0 Å². The largest absolute Gasteiger partial charge is 0.289 e. The Bertz CT molecular complexity index is 997. The van der Waals surface area contributed by atoms with Gasteiger partial charge in [0.25, 0.3) is 5.56 Å². The molecule has 0 atom stereocenters. The summed E-state index contributed by atoms with van der Waals surface area (Å²) in [5.74, 6) is 0.505. The van der Waals surface area contributed by atoms with Crippen molar-refractivity contribution in [1.82, 2.24) is 20.0 Å². The molecule has 106 valence electrons. The number of aromatic nitrogens is 4. The fourth-order valence-electron chi connectivity index (χ4n) is 2.50. The minimum Gasteiger partial charge on any atom is -0.289 e. The molecule has 0 aliphatic carbocycles. The van der Waals surface area contributed by atoms with E-state index >= 15 is 0 Å². The minimum atomic E-state index is -0.162. The average Bonchev–Trinajstić information content (AvgIpc) is 2.97. The number of nitrogens with one attached hydrogen (secondary N) is 1. The summed E-state index contributed by atoms with van der Waals surface area (Å²) >= 11 is 0. The van der Waals surface area contributed by atoms with Crippen molar-refractivity contribution in [3.05, 3.63) is 77.2 Å². The maximum absolute atomic E-state index is 12.3. The Hall–Kier alpha value is -3.21. The van der Waals surface area contributed by atoms with Gasteiger partial charge in [0.2, 0.25) is 0 Å². The van der Waals surface area contributed by atoms with Gasteiger partial charge in [-0.15, -0.1) is 5.10 Å². The fourth-order valence-corrected chi connectivity index (χ4v) is 2.50. The monoisotopic (exact) mass is 288 g/mol. The van der Waals surface area contributed by atoms with E-state index in [0.29, 0.717) is 5.82 Å². The van der Waals surface area contributed by atoms with Crippen LogP contribution in [0.2, 0.25) is 0 Å². The molecule has 2 aromatic carbocycles. The van der Waals surface area contributed by atoms with E-state index in [-0.39, 0.29) is 5.56 Å². The summed E-state index contributed by atoms with van der Waals surface area (Å²) in [6.07, 6.45) is 1.69. The van der Waals surface area contributed by atoms with Gasteiger partial charge in [-0.25, -0.2) is 0 Å². The third-order valence-corrected chi connectivity index (χ3v) is 3.57. The standard InChI is InChI=1S/C17H12N4O/c22-16-10-15(12-6-2-1-3-7-12)20-21(16)17-14-9-5-4-8-13(14)11-18-19-17/h1-11,20H. The van der Waals surface area contributed by atoms with Gasteiger partial charge in [-0.2, -0.15) is 9.78 Å². The number of rotatable bonds is 2. The van der Waals surface area contributed by atoms with Crippen LogP contribution in [0.5, 0.6) is 0 Å². The number of hydrogen-bond acceptors (Lipinski definition) is 3. The van der Waals surface area contributed by atoms with E-state index in [1.165, 1.54) is 4.68 Å². The highest BCUT2D eigenvalue weighted by molar-refractivity contribution is 5.87. The SMILES string of the molecule is O=c1cc(-c2ccccc2)[nH]n1-c1nncc2ccccc12. The van der Waals surface area contributed by atoms with Gasteiger partial charge in [0.1, 0.15) is 0 Å². The van der Waals surface area contributed by atoms with E-state index < -0.39 is 0 Å². The van der Waals surface area contributed by atoms with E-state index in [1.807, 2.05) is 54.6 Å². The van der Waals surface area contributed by atoms with Crippen LogP contribution in [0.1, 0.15) is 0 Å². The van der Waals surface area contributed by atoms with Crippen molar-refractivity contribution in [1.29, 1.82) is 0 Å². The molecular weight excluding hydrogens is 276 g/mol. The van der Waals surface area contributed by atoms with E-state index in [4.69, 9.17) is 0 Å². The third-order valence-electron chi connectivity index (χ3n) is 3.57. The molecule has 0 aliphatic heterocycles. The lowest BCUT2D eigenvalue weighted by Gasteiger charge is -2.04. The Kier molecular flexibility index (Phi) is 2.83. The molecule has 0 bridgehead atoms. The van der Waals surface area contributed by atoms with Crippen molar-refractivity contribution >= 4 is 10.8 Å². The van der Waals surface area contributed by atoms with Gasteiger partial charge in [0.15, 0.2) is 5.82 Å². The first-order valence-corrected chi connectivity index (χ1v) is 6.91. The molecule has 0 fully saturated rings. The first kappa shape index (κ1) is 12.5. The van der Waals surface area contributed by atoms with Gasteiger partial charge >= 0.3 is 0 Å². The molecule has 0 unspecified atom stereocenters. The predicted octanol–water partition coefficient (Wildman–Crippen LogP) is 2.78. The number of hydrogen-bond donors (Lipinski definition) is 1. The lowest BCUT2D eigenvalue weighted by molar-refractivity contribution is 0.804. The van der Waals surface area contributed by atoms with Gasteiger partial charge in [-0.3, -0.25) is 9.89 Å². The zero-order valence-corrected chi connectivity index (χ0v) is 11.6. The number of H-pyrrole nitrogens is 1. The summed E-state index contributed by atoms with van der Waals surface area (Å²) in [5, 5.41) is 13.0. The van der Waals surface area contributed by atoms with Crippen LogP contribution in [0.15, 0.2) is 71.7 Å².